The molecule has 0 saturated carbocycles. The Labute approximate surface area is 156 Å². The zero-order chi connectivity index (χ0) is 19.4. The molecule has 8 nitrogen and oxygen atoms in total. The first-order valence-corrected chi connectivity index (χ1v) is 9.15. The second kappa shape index (κ2) is 7.77. The molecule has 2 amide bonds. The molecule has 2 saturated heterocycles. The van der Waals surface area contributed by atoms with Crippen LogP contribution < -0.4 is 5.32 Å². The number of carbonyl (C=O) groups excluding carboxylic acids is 2. The molecule has 144 valence electrons. The number of carbonyl (C=O) groups is 3. The molecule has 1 aromatic heterocycles. The standard InChI is InChI=1S/C18H22N4O2.CH2O2/c1-12-18(8-4-10-19-17(18)24)9-5-11-22(12)16(23)15-13-6-2-3-7-14(13)20-21-15;2-1-3/h2-3,6-7,12H,4-5,8-11H2,1H3,(H,19,24)(H,20,21);1H,(H,2,3)/t12-,18-;/m0./s1. The third-order valence-electron chi connectivity index (χ3n) is 5.76. The summed E-state index contributed by atoms with van der Waals surface area (Å²) in [5, 5.41) is 17.9. The molecule has 0 bridgehead atoms. The third-order valence-corrected chi connectivity index (χ3v) is 5.76. The summed E-state index contributed by atoms with van der Waals surface area (Å²) in [5.74, 6) is 0.0167. The van der Waals surface area contributed by atoms with Crippen LogP contribution in [0.3, 0.4) is 0 Å². The van der Waals surface area contributed by atoms with Gasteiger partial charge >= 0.3 is 0 Å². The first-order chi connectivity index (χ1) is 13.0. The Balaban J connectivity index is 0.000000659. The number of hydrogen-bond donors (Lipinski definition) is 3. The first kappa shape index (κ1) is 18.9. The molecule has 2 fully saturated rings. The van der Waals surface area contributed by atoms with Crippen molar-refractivity contribution in [3.8, 4) is 0 Å². The molecule has 2 aliphatic heterocycles. The van der Waals surface area contributed by atoms with Crippen molar-refractivity contribution in [1.82, 2.24) is 20.4 Å². The predicted molar refractivity (Wildman–Crippen MR) is 99.2 cm³/mol. The number of aromatic nitrogens is 2. The SMILES string of the molecule is C[C@@H]1N(C(=O)c2n[nH]c3ccccc23)CCC[C@@]12CCCNC2=O.O=CO. The van der Waals surface area contributed by atoms with Gasteiger partial charge in [-0.1, -0.05) is 18.2 Å². The van der Waals surface area contributed by atoms with Crippen LogP contribution in [0.15, 0.2) is 24.3 Å². The Kier molecular flexibility index (Phi) is 5.43. The number of H-pyrrole nitrogens is 1. The molecular formula is C19H24N4O4. The van der Waals surface area contributed by atoms with Crippen molar-refractivity contribution in [3.05, 3.63) is 30.0 Å². The van der Waals surface area contributed by atoms with Crippen molar-refractivity contribution in [1.29, 1.82) is 0 Å². The van der Waals surface area contributed by atoms with Crippen LogP contribution in [0.25, 0.3) is 10.9 Å². The van der Waals surface area contributed by atoms with Gasteiger partial charge in [0.1, 0.15) is 0 Å². The fourth-order valence-corrected chi connectivity index (χ4v) is 4.34. The summed E-state index contributed by atoms with van der Waals surface area (Å²) in [6, 6.07) is 7.53. The van der Waals surface area contributed by atoms with E-state index in [2.05, 4.69) is 15.5 Å². The number of nitrogens with one attached hydrogen (secondary N) is 2. The van der Waals surface area contributed by atoms with Gasteiger partial charge in [0.05, 0.1) is 10.9 Å². The van der Waals surface area contributed by atoms with Crippen LogP contribution in [0.1, 0.15) is 43.1 Å². The molecule has 0 unspecified atom stereocenters. The lowest BCUT2D eigenvalue weighted by Crippen LogP contribution is -2.61. The minimum atomic E-state index is -0.446. The van der Waals surface area contributed by atoms with E-state index in [4.69, 9.17) is 9.90 Å². The maximum atomic E-state index is 13.1. The van der Waals surface area contributed by atoms with E-state index in [-0.39, 0.29) is 24.3 Å². The number of aromatic amines is 1. The zero-order valence-corrected chi connectivity index (χ0v) is 15.3. The van der Waals surface area contributed by atoms with Crippen molar-refractivity contribution in [2.45, 2.75) is 38.6 Å². The molecule has 3 N–H and O–H groups in total. The van der Waals surface area contributed by atoms with E-state index in [1.807, 2.05) is 36.1 Å². The molecule has 2 aliphatic rings. The molecule has 1 aromatic carbocycles. The highest BCUT2D eigenvalue weighted by molar-refractivity contribution is 6.05. The van der Waals surface area contributed by atoms with E-state index in [1.54, 1.807) is 0 Å². The number of amides is 2. The van der Waals surface area contributed by atoms with Gasteiger partial charge in [0.2, 0.25) is 5.91 Å². The number of benzene rings is 1. The van der Waals surface area contributed by atoms with E-state index in [9.17, 15) is 9.59 Å². The summed E-state index contributed by atoms with van der Waals surface area (Å²) in [4.78, 5) is 35.9. The summed E-state index contributed by atoms with van der Waals surface area (Å²) in [7, 11) is 0. The fraction of sp³-hybridized carbons (Fsp3) is 0.474. The summed E-state index contributed by atoms with van der Waals surface area (Å²) >= 11 is 0. The van der Waals surface area contributed by atoms with Crippen molar-refractivity contribution in [3.63, 3.8) is 0 Å². The molecule has 1 spiro atoms. The van der Waals surface area contributed by atoms with E-state index in [0.29, 0.717) is 12.2 Å². The number of para-hydroxylation sites is 1. The lowest BCUT2D eigenvalue weighted by Gasteiger charge is -2.49. The molecule has 0 radical (unpaired) electrons. The van der Waals surface area contributed by atoms with Crippen LogP contribution in [0.2, 0.25) is 0 Å². The van der Waals surface area contributed by atoms with E-state index in [1.165, 1.54) is 0 Å². The average Bonchev–Trinajstić information content (AvgIpc) is 3.10. The normalized spacial score (nSPS) is 24.9. The number of piperidine rings is 2. The monoisotopic (exact) mass is 372 g/mol. The topological polar surface area (TPSA) is 115 Å². The number of carboxylic acid groups (broad SMARTS) is 1. The van der Waals surface area contributed by atoms with Gasteiger partial charge in [-0.3, -0.25) is 19.5 Å². The maximum Gasteiger partial charge on any atom is 0.290 e. The highest BCUT2D eigenvalue weighted by Gasteiger charge is 2.50. The average molecular weight is 372 g/mol. The van der Waals surface area contributed by atoms with Crippen LogP contribution in [-0.4, -0.2) is 57.6 Å². The van der Waals surface area contributed by atoms with Gasteiger partial charge in [0.15, 0.2) is 5.69 Å². The summed E-state index contributed by atoms with van der Waals surface area (Å²) in [6.45, 7) is 3.18. The molecule has 0 aliphatic carbocycles. The first-order valence-electron chi connectivity index (χ1n) is 9.15. The van der Waals surface area contributed by atoms with Crippen molar-refractivity contribution in [2.24, 2.45) is 5.41 Å². The van der Waals surface area contributed by atoms with Crippen LogP contribution in [0.4, 0.5) is 0 Å². The number of likely N-dealkylation sites (tertiary alicyclic amines) is 1. The second-order valence-corrected chi connectivity index (χ2v) is 7.02. The Hall–Kier alpha value is -2.90. The Morgan fingerprint density at radius 1 is 1.33 bits per heavy atom. The molecule has 8 heteroatoms. The number of rotatable bonds is 1. The lowest BCUT2D eigenvalue weighted by atomic mass is 9.68. The summed E-state index contributed by atoms with van der Waals surface area (Å²) < 4.78 is 0. The van der Waals surface area contributed by atoms with Crippen LogP contribution in [0.5, 0.6) is 0 Å². The highest BCUT2D eigenvalue weighted by Crippen LogP contribution is 2.42. The van der Waals surface area contributed by atoms with Gasteiger partial charge < -0.3 is 15.3 Å². The Morgan fingerprint density at radius 3 is 2.78 bits per heavy atom. The second-order valence-electron chi connectivity index (χ2n) is 7.02. The largest absolute Gasteiger partial charge is 0.483 e. The van der Waals surface area contributed by atoms with Gasteiger partial charge in [-0.25, -0.2) is 0 Å². The van der Waals surface area contributed by atoms with Crippen molar-refractivity contribution in [2.75, 3.05) is 13.1 Å². The van der Waals surface area contributed by atoms with Crippen LogP contribution >= 0.6 is 0 Å². The summed E-state index contributed by atoms with van der Waals surface area (Å²) in [6.07, 6.45) is 3.53. The highest BCUT2D eigenvalue weighted by atomic mass is 16.3. The summed E-state index contributed by atoms with van der Waals surface area (Å²) in [5.41, 5.74) is 0.861. The van der Waals surface area contributed by atoms with Gasteiger partial charge in [-0.05, 0) is 38.7 Å². The van der Waals surface area contributed by atoms with Crippen molar-refractivity contribution >= 4 is 29.2 Å². The Morgan fingerprint density at radius 2 is 2.04 bits per heavy atom. The van der Waals surface area contributed by atoms with Gasteiger partial charge in [-0.2, -0.15) is 5.10 Å². The van der Waals surface area contributed by atoms with Crippen LogP contribution in [-0.2, 0) is 9.59 Å². The third kappa shape index (κ3) is 3.27. The minimum Gasteiger partial charge on any atom is -0.483 e. The van der Waals surface area contributed by atoms with Crippen LogP contribution in [0, 0.1) is 5.41 Å². The van der Waals surface area contributed by atoms with E-state index < -0.39 is 5.41 Å². The Bertz CT molecular complexity index is 845. The van der Waals surface area contributed by atoms with E-state index in [0.717, 1.165) is 43.1 Å². The van der Waals surface area contributed by atoms with Gasteiger partial charge in [0, 0.05) is 24.5 Å². The zero-order valence-electron chi connectivity index (χ0n) is 15.3. The number of hydrogen-bond acceptors (Lipinski definition) is 4. The molecule has 2 aromatic rings. The van der Waals surface area contributed by atoms with Gasteiger partial charge in [0.25, 0.3) is 12.4 Å². The molecule has 2 atom stereocenters. The number of fused-ring (bicyclic) bond motifs is 1. The van der Waals surface area contributed by atoms with E-state index >= 15 is 0 Å². The fourth-order valence-electron chi connectivity index (χ4n) is 4.34. The van der Waals surface area contributed by atoms with Crippen molar-refractivity contribution < 1.29 is 19.5 Å². The minimum absolute atomic E-state index is 0.0857. The lowest BCUT2D eigenvalue weighted by molar-refractivity contribution is -0.140. The smallest absolute Gasteiger partial charge is 0.290 e. The molecule has 4 rings (SSSR count). The predicted octanol–water partition coefficient (Wildman–Crippen LogP) is 1.78. The quantitative estimate of drug-likeness (QED) is 0.660. The number of nitrogens with zero attached hydrogens (tertiary/aromatic N) is 2. The van der Waals surface area contributed by atoms with Gasteiger partial charge in [-0.15, -0.1) is 0 Å². The molecule has 27 heavy (non-hydrogen) atoms. The molecule has 3 heterocycles. The maximum absolute atomic E-state index is 13.1. The molecular weight excluding hydrogens is 348 g/mol.